The quantitative estimate of drug-likeness (QED) is 0.0265. The molecule has 0 aliphatic carbocycles. The van der Waals surface area contributed by atoms with E-state index in [2.05, 4.69) is 32.9 Å². The number of hydrogen-bond donors (Lipinski definition) is 0. The Morgan fingerprint density at radius 2 is 0.618 bits per heavy atom. The van der Waals surface area contributed by atoms with Crippen molar-refractivity contribution in [2.75, 3.05) is 13.2 Å². The van der Waals surface area contributed by atoms with Crippen molar-refractivity contribution in [3.63, 3.8) is 0 Å². The average Bonchev–Trinajstić information content (AvgIpc) is 3.18. The molecule has 0 bridgehead atoms. The van der Waals surface area contributed by atoms with Gasteiger partial charge in [0.25, 0.3) is 0 Å². The van der Waals surface area contributed by atoms with Crippen molar-refractivity contribution in [1.82, 2.24) is 0 Å². The molecular weight excluding hydrogens is 685 g/mol. The second kappa shape index (κ2) is 44.9. The molecule has 0 aromatic rings. The van der Waals surface area contributed by atoms with Crippen LogP contribution in [0.4, 0.5) is 0 Å². The molecule has 0 N–H and O–H groups in total. The Labute approximate surface area is 341 Å². The predicted molar refractivity (Wildman–Crippen MR) is 233 cm³/mol. The van der Waals surface area contributed by atoms with Crippen LogP contribution in [0.15, 0.2) is 12.2 Å². The Hall–Kier alpha value is -1.85. The number of allylic oxidation sites excluding steroid dienone is 2. The summed E-state index contributed by atoms with van der Waals surface area (Å²) in [6, 6.07) is 0. The summed E-state index contributed by atoms with van der Waals surface area (Å²) in [7, 11) is 0. The Kier molecular flexibility index (Phi) is 43.4. The fraction of sp³-hybridized carbons (Fsp3) is 0.898. The minimum Gasteiger partial charge on any atom is -0.462 e. The van der Waals surface area contributed by atoms with Gasteiger partial charge in [-0.05, 0) is 38.5 Å². The maximum Gasteiger partial charge on any atom is 0.306 e. The molecule has 6 heteroatoms. The first kappa shape index (κ1) is 53.1. The number of carbonyl (C=O) groups excluding carboxylic acids is 3. The van der Waals surface area contributed by atoms with Crippen LogP contribution in [-0.4, -0.2) is 37.2 Å². The van der Waals surface area contributed by atoms with E-state index in [0.717, 1.165) is 64.2 Å². The van der Waals surface area contributed by atoms with Crippen LogP contribution in [0.25, 0.3) is 0 Å². The van der Waals surface area contributed by atoms with Gasteiger partial charge in [-0.25, -0.2) is 0 Å². The van der Waals surface area contributed by atoms with Crippen LogP contribution in [0.2, 0.25) is 0 Å². The van der Waals surface area contributed by atoms with Crippen LogP contribution in [0, 0.1) is 0 Å². The standard InChI is InChI=1S/C49H92O6/c1-4-7-10-13-16-19-21-22-23-24-25-26-28-30-33-36-39-42-48(51)54-45-46(44-53-47(50)41-38-35-32-29-18-15-12-9-6-3)55-49(52)43-40-37-34-31-27-20-17-14-11-8-5-2/h14,17,46H,4-13,15-16,18-45H2,1-3H3/b17-14-/t46-/m1/s1. The smallest absolute Gasteiger partial charge is 0.306 e. The molecule has 55 heavy (non-hydrogen) atoms. The van der Waals surface area contributed by atoms with Crippen LogP contribution in [-0.2, 0) is 28.6 Å². The maximum atomic E-state index is 12.7. The second-order valence-electron chi connectivity index (χ2n) is 16.4. The van der Waals surface area contributed by atoms with E-state index in [1.54, 1.807) is 0 Å². The predicted octanol–water partition coefficient (Wildman–Crippen LogP) is 15.4. The lowest BCUT2D eigenvalue weighted by molar-refractivity contribution is -0.167. The third-order valence-electron chi connectivity index (χ3n) is 10.8. The van der Waals surface area contributed by atoms with Gasteiger partial charge in [-0.15, -0.1) is 0 Å². The number of unbranched alkanes of at least 4 members (excludes halogenated alkanes) is 31. The molecule has 6 nitrogen and oxygen atoms in total. The molecule has 0 aliphatic rings. The largest absolute Gasteiger partial charge is 0.462 e. The van der Waals surface area contributed by atoms with E-state index in [0.29, 0.717) is 19.3 Å². The van der Waals surface area contributed by atoms with Crippen LogP contribution in [0.3, 0.4) is 0 Å². The van der Waals surface area contributed by atoms with Gasteiger partial charge in [0.1, 0.15) is 13.2 Å². The van der Waals surface area contributed by atoms with Crippen LogP contribution in [0.1, 0.15) is 265 Å². The Bertz CT molecular complexity index is 854. The molecule has 0 fully saturated rings. The van der Waals surface area contributed by atoms with Crippen molar-refractivity contribution < 1.29 is 28.6 Å². The van der Waals surface area contributed by atoms with Gasteiger partial charge in [0.2, 0.25) is 0 Å². The van der Waals surface area contributed by atoms with Crippen molar-refractivity contribution in [3.8, 4) is 0 Å². The van der Waals surface area contributed by atoms with Gasteiger partial charge in [0, 0.05) is 19.3 Å². The third-order valence-corrected chi connectivity index (χ3v) is 10.8. The summed E-state index contributed by atoms with van der Waals surface area (Å²) in [4.78, 5) is 37.7. The third kappa shape index (κ3) is 43.1. The van der Waals surface area contributed by atoms with Crippen LogP contribution >= 0.6 is 0 Å². The highest BCUT2D eigenvalue weighted by Gasteiger charge is 2.19. The van der Waals surface area contributed by atoms with E-state index in [-0.39, 0.29) is 31.1 Å². The Morgan fingerprint density at radius 1 is 0.345 bits per heavy atom. The van der Waals surface area contributed by atoms with E-state index < -0.39 is 6.10 Å². The molecule has 0 heterocycles. The monoisotopic (exact) mass is 777 g/mol. The second-order valence-corrected chi connectivity index (χ2v) is 16.4. The highest BCUT2D eigenvalue weighted by Crippen LogP contribution is 2.16. The molecule has 0 aromatic carbocycles. The molecule has 0 spiro atoms. The number of hydrogen-bond acceptors (Lipinski definition) is 6. The molecule has 0 amide bonds. The van der Waals surface area contributed by atoms with Gasteiger partial charge in [-0.3, -0.25) is 14.4 Å². The molecule has 0 aromatic heterocycles. The first-order chi connectivity index (χ1) is 27.0. The van der Waals surface area contributed by atoms with E-state index in [9.17, 15) is 14.4 Å². The zero-order valence-corrected chi connectivity index (χ0v) is 37.0. The van der Waals surface area contributed by atoms with Crippen LogP contribution in [0.5, 0.6) is 0 Å². The van der Waals surface area contributed by atoms with Gasteiger partial charge in [-0.1, -0.05) is 219 Å². The molecule has 1 atom stereocenters. The minimum absolute atomic E-state index is 0.0688. The summed E-state index contributed by atoms with van der Waals surface area (Å²) in [5.41, 5.74) is 0. The Balaban J connectivity index is 4.25. The normalized spacial score (nSPS) is 12.0. The number of rotatable bonds is 44. The van der Waals surface area contributed by atoms with Crippen molar-refractivity contribution in [2.24, 2.45) is 0 Å². The van der Waals surface area contributed by atoms with Gasteiger partial charge < -0.3 is 14.2 Å². The molecule has 0 aliphatic heterocycles. The zero-order valence-electron chi connectivity index (χ0n) is 37.0. The number of ether oxygens (including phenoxy) is 3. The number of carbonyl (C=O) groups is 3. The van der Waals surface area contributed by atoms with E-state index >= 15 is 0 Å². The first-order valence-corrected chi connectivity index (χ1v) is 24.2. The fourth-order valence-electron chi connectivity index (χ4n) is 7.07. The topological polar surface area (TPSA) is 78.9 Å². The lowest BCUT2D eigenvalue weighted by Crippen LogP contribution is -2.30. The minimum atomic E-state index is -0.765. The highest BCUT2D eigenvalue weighted by molar-refractivity contribution is 5.71. The molecule has 324 valence electrons. The number of esters is 3. The van der Waals surface area contributed by atoms with E-state index in [1.165, 1.54) is 161 Å². The van der Waals surface area contributed by atoms with Crippen LogP contribution < -0.4 is 0 Å². The van der Waals surface area contributed by atoms with Gasteiger partial charge in [-0.2, -0.15) is 0 Å². The molecule has 0 rings (SSSR count). The lowest BCUT2D eigenvalue weighted by Gasteiger charge is -2.18. The summed E-state index contributed by atoms with van der Waals surface area (Å²) in [5, 5.41) is 0. The maximum absolute atomic E-state index is 12.7. The van der Waals surface area contributed by atoms with Crippen molar-refractivity contribution in [2.45, 2.75) is 271 Å². The van der Waals surface area contributed by atoms with Crippen molar-refractivity contribution in [3.05, 3.63) is 12.2 Å². The molecule has 0 saturated carbocycles. The molecular formula is C49H92O6. The molecule has 0 saturated heterocycles. The summed E-state index contributed by atoms with van der Waals surface area (Å²) in [6.45, 7) is 6.59. The first-order valence-electron chi connectivity index (χ1n) is 24.2. The van der Waals surface area contributed by atoms with Crippen molar-refractivity contribution >= 4 is 17.9 Å². The summed E-state index contributed by atoms with van der Waals surface area (Å²) < 4.78 is 16.7. The summed E-state index contributed by atoms with van der Waals surface area (Å²) in [6.07, 6.45) is 47.7. The molecule has 0 unspecified atom stereocenters. The molecule has 0 radical (unpaired) electrons. The summed E-state index contributed by atoms with van der Waals surface area (Å²) >= 11 is 0. The summed E-state index contributed by atoms with van der Waals surface area (Å²) in [5.74, 6) is -0.870. The lowest BCUT2D eigenvalue weighted by atomic mass is 10.0. The van der Waals surface area contributed by atoms with E-state index in [1.807, 2.05) is 0 Å². The van der Waals surface area contributed by atoms with Gasteiger partial charge in [0.05, 0.1) is 0 Å². The highest BCUT2D eigenvalue weighted by atomic mass is 16.6. The zero-order chi connectivity index (χ0) is 40.1. The van der Waals surface area contributed by atoms with Gasteiger partial charge in [0.15, 0.2) is 6.10 Å². The average molecular weight is 777 g/mol. The van der Waals surface area contributed by atoms with Gasteiger partial charge >= 0.3 is 17.9 Å². The van der Waals surface area contributed by atoms with Crippen molar-refractivity contribution in [1.29, 1.82) is 0 Å². The van der Waals surface area contributed by atoms with E-state index in [4.69, 9.17) is 14.2 Å². The SMILES string of the molecule is CCCC/C=C\CCCCCCCC(=O)O[C@H](COC(=O)CCCCCCCCCCC)COC(=O)CCCCCCCCCCCCCCCCCCC. The Morgan fingerprint density at radius 3 is 0.964 bits per heavy atom. The fourth-order valence-corrected chi connectivity index (χ4v) is 7.07.